The van der Waals surface area contributed by atoms with Crippen LogP contribution in [0.3, 0.4) is 0 Å². The molecule has 0 bridgehead atoms. The van der Waals surface area contributed by atoms with Crippen LogP contribution < -0.4 is 0 Å². The Morgan fingerprint density at radius 3 is 1.88 bits per heavy atom. The van der Waals surface area contributed by atoms with Crippen molar-refractivity contribution in [2.45, 2.75) is 77.6 Å². The predicted octanol–water partition coefficient (Wildman–Crippen LogP) is 7.26. The fourth-order valence-corrected chi connectivity index (χ4v) is 3.22. The van der Waals surface area contributed by atoms with E-state index in [0.29, 0.717) is 5.15 Å². The van der Waals surface area contributed by atoms with Crippen LogP contribution in [0.15, 0.2) is 36.7 Å². The summed E-state index contributed by atoms with van der Waals surface area (Å²) in [5.74, 6) is 0. The summed E-state index contributed by atoms with van der Waals surface area (Å²) in [6.07, 6.45) is 18.3. The Labute approximate surface area is 158 Å². The van der Waals surface area contributed by atoms with Gasteiger partial charge >= 0.3 is 0 Å². The minimum atomic E-state index is 0.432. The van der Waals surface area contributed by atoms with Gasteiger partial charge in [0.25, 0.3) is 0 Å². The first-order valence-electron chi connectivity index (χ1n) is 9.86. The van der Waals surface area contributed by atoms with E-state index >= 15 is 0 Å². The molecule has 0 saturated carbocycles. The highest BCUT2D eigenvalue weighted by molar-refractivity contribution is 6.29. The molecular weight excluding hydrogens is 328 g/mol. The van der Waals surface area contributed by atoms with Crippen molar-refractivity contribution in [3.63, 3.8) is 0 Å². The fourth-order valence-electron chi connectivity index (χ4n) is 3.12. The van der Waals surface area contributed by atoms with Gasteiger partial charge in [0.2, 0.25) is 0 Å². The molecule has 0 N–H and O–H groups in total. The van der Waals surface area contributed by atoms with Crippen LogP contribution >= 0.6 is 11.6 Å². The molecule has 136 valence electrons. The van der Waals surface area contributed by atoms with Gasteiger partial charge in [-0.2, -0.15) is 0 Å². The van der Waals surface area contributed by atoms with Crippen LogP contribution in [0.25, 0.3) is 11.3 Å². The number of unbranched alkanes of at least 4 members (excludes halogenated alkanes) is 9. The van der Waals surface area contributed by atoms with Gasteiger partial charge < -0.3 is 0 Å². The van der Waals surface area contributed by atoms with Gasteiger partial charge in [0.1, 0.15) is 5.15 Å². The van der Waals surface area contributed by atoms with E-state index in [0.717, 1.165) is 11.3 Å². The van der Waals surface area contributed by atoms with Gasteiger partial charge in [0.05, 0.1) is 18.1 Å². The van der Waals surface area contributed by atoms with Crippen molar-refractivity contribution >= 4 is 11.6 Å². The van der Waals surface area contributed by atoms with Crippen molar-refractivity contribution in [3.8, 4) is 11.3 Å². The van der Waals surface area contributed by atoms with E-state index in [1.165, 1.54) is 76.2 Å². The lowest BCUT2D eigenvalue weighted by molar-refractivity contribution is 0.556. The zero-order chi connectivity index (χ0) is 17.7. The number of nitrogens with zero attached hydrogens (tertiary/aromatic N) is 2. The molecule has 25 heavy (non-hydrogen) atoms. The van der Waals surface area contributed by atoms with E-state index in [9.17, 15) is 0 Å². The summed E-state index contributed by atoms with van der Waals surface area (Å²) < 4.78 is 0. The molecule has 0 amide bonds. The molecule has 0 fully saturated rings. The molecule has 0 radical (unpaired) electrons. The van der Waals surface area contributed by atoms with Crippen LogP contribution in [0.1, 0.15) is 76.7 Å². The Morgan fingerprint density at radius 1 is 0.720 bits per heavy atom. The largest absolute Gasteiger partial charge is 0.251 e. The van der Waals surface area contributed by atoms with Crippen molar-refractivity contribution in [2.75, 3.05) is 0 Å². The standard InChI is InChI=1S/C22H31ClN2/c1-2-3-4-5-6-7-8-9-10-11-12-19-13-15-20(16-14-19)21-17-25-22(23)18-24-21/h13-18H,2-12H2,1H3. The van der Waals surface area contributed by atoms with Gasteiger partial charge in [-0.15, -0.1) is 0 Å². The summed E-state index contributed by atoms with van der Waals surface area (Å²) >= 11 is 5.78. The molecule has 2 nitrogen and oxygen atoms in total. The zero-order valence-corrected chi connectivity index (χ0v) is 16.3. The normalized spacial score (nSPS) is 11.0. The van der Waals surface area contributed by atoms with Gasteiger partial charge in [-0.05, 0) is 18.4 Å². The monoisotopic (exact) mass is 358 g/mol. The van der Waals surface area contributed by atoms with Crippen LogP contribution in [0.2, 0.25) is 5.15 Å². The van der Waals surface area contributed by atoms with Crippen LogP contribution in [-0.4, -0.2) is 9.97 Å². The van der Waals surface area contributed by atoms with Crippen LogP contribution in [-0.2, 0) is 6.42 Å². The summed E-state index contributed by atoms with van der Waals surface area (Å²) in [5.41, 5.74) is 3.37. The summed E-state index contributed by atoms with van der Waals surface area (Å²) in [6.45, 7) is 2.28. The Kier molecular flexibility index (Phi) is 9.58. The molecule has 0 atom stereocenters. The molecule has 3 heteroatoms. The van der Waals surface area contributed by atoms with Crippen LogP contribution in [0.5, 0.6) is 0 Å². The van der Waals surface area contributed by atoms with Crippen molar-refractivity contribution in [1.82, 2.24) is 9.97 Å². The molecule has 0 saturated heterocycles. The van der Waals surface area contributed by atoms with Crippen LogP contribution in [0.4, 0.5) is 0 Å². The number of rotatable bonds is 12. The molecule has 2 aromatic rings. The fraction of sp³-hybridized carbons (Fsp3) is 0.545. The first kappa shape index (κ1) is 19.9. The molecule has 0 aliphatic carbocycles. The van der Waals surface area contributed by atoms with Gasteiger partial charge in [0, 0.05) is 5.56 Å². The minimum absolute atomic E-state index is 0.432. The van der Waals surface area contributed by atoms with Crippen molar-refractivity contribution in [2.24, 2.45) is 0 Å². The molecule has 0 aliphatic heterocycles. The van der Waals surface area contributed by atoms with Crippen molar-refractivity contribution < 1.29 is 0 Å². The van der Waals surface area contributed by atoms with Crippen LogP contribution in [0, 0.1) is 0 Å². The highest BCUT2D eigenvalue weighted by Crippen LogP contribution is 2.19. The summed E-state index contributed by atoms with van der Waals surface area (Å²) in [7, 11) is 0. The molecule has 2 rings (SSSR count). The third-order valence-corrected chi connectivity index (χ3v) is 4.88. The van der Waals surface area contributed by atoms with Gasteiger partial charge in [-0.3, -0.25) is 4.98 Å². The third-order valence-electron chi connectivity index (χ3n) is 4.69. The topological polar surface area (TPSA) is 25.8 Å². The van der Waals surface area contributed by atoms with E-state index in [-0.39, 0.29) is 0 Å². The molecule has 0 spiro atoms. The Hall–Kier alpha value is -1.41. The second-order valence-electron chi connectivity index (χ2n) is 6.85. The first-order chi connectivity index (χ1) is 12.3. The second kappa shape index (κ2) is 12.0. The van der Waals surface area contributed by atoms with Gasteiger partial charge in [0.15, 0.2) is 0 Å². The summed E-state index contributed by atoms with van der Waals surface area (Å²) in [5, 5.41) is 0.432. The first-order valence-corrected chi connectivity index (χ1v) is 10.2. The lowest BCUT2D eigenvalue weighted by Gasteiger charge is -2.05. The Bertz CT molecular complexity index is 578. The molecule has 0 aliphatic rings. The smallest absolute Gasteiger partial charge is 0.147 e. The molecule has 1 heterocycles. The Balaban J connectivity index is 1.58. The average molecular weight is 359 g/mol. The summed E-state index contributed by atoms with van der Waals surface area (Å²) in [4.78, 5) is 8.40. The SMILES string of the molecule is CCCCCCCCCCCCc1ccc(-c2cnc(Cl)cn2)cc1. The molecule has 1 aromatic carbocycles. The average Bonchev–Trinajstić information content (AvgIpc) is 2.64. The third kappa shape index (κ3) is 8.00. The lowest BCUT2D eigenvalue weighted by Crippen LogP contribution is -1.89. The lowest BCUT2D eigenvalue weighted by atomic mass is 10.0. The number of hydrogen-bond acceptors (Lipinski definition) is 2. The highest BCUT2D eigenvalue weighted by Gasteiger charge is 2.01. The number of benzene rings is 1. The van der Waals surface area contributed by atoms with E-state index in [2.05, 4.69) is 41.2 Å². The number of aryl methyl sites for hydroxylation is 1. The highest BCUT2D eigenvalue weighted by atomic mass is 35.5. The Morgan fingerprint density at radius 2 is 1.32 bits per heavy atom. The maximum Gasteiger partial charge on any atom is 0.147 e. The maximum atomic E-state index is 5.78. The molecular formula is C22H31ClN2. The van der Waals surface area contributed by atoms with Crippen molar-refractivity contribution in [3.05, 3.63) is 47.4 Å². The quantitative estimate of drug-likeness (QED) is 0.373. The predicted molar refractivity (Wildman–Crippen MR) is 108 cm³/mol. The van der Waals surface area contributed by atoms with E-state index in [1.54, 1.807) is 12.4 Å². The van der Waals surface area contributed by atoms with E-state index in [4.69, 9.17) is 11.6 Å². The number of aromatic nitrogens is 2. The molecule has 1 aromatic heterocycles. The molecule has 0 unspecified atom stereocenters. The van der Waals surface area contributed by atoms with Crippen molar-refractivity contribution in [1.29, 1.82) is 0 Å². The van der Waals surface area contributed by atoms with Gasteiger partial charge in [-0.25, -0.2) is 4.98 Å². The number of hydrogen-bond donors (Lipinski definition) is 0. The minimum Gasteiger partial charge on any atom is -0.251 e. The van der Waals surface area contributed by atoms with Gasteiger partial charge in [-0.1, -0.05) is 101 Å². The second-order valence-corrected chi connectivity index (χ2v) is 7.24. The number of halogens is 1. The summed E-state index contributed by atoms with van der Waals surface area (Å²) in [6, 6.07) is 8.67. The van der Waals surface area contributed by atoms with E-state index in [1.807, 2.05) is 0 Å². The van der Waals surface area contributed by atoms with E-state index < -0.39 is 0 Å². The zero-order valence-electron chi connectivity index (χ0n) is 15.5. The maximum absolute atomic E-state index is 5.78.